The Labute approximate surface area is 147 Å². The van der Waals surface area contributed by atoms with Crippen molar-refractivity contribution < 1.29 is 9.53 Å². The summed E-state index contributed by atoms with van der Waals surface area (Å²) in [5, 5.41) is 1.93. The number of aromatic nitrogens is 2. The lowest BCUT2D eigenvalue weighted by molar-refractivity contribution is 0.0591. The monoisotopic (exact) mass is 395 g/mol. The predicted molar refractivity (Wildman–Crippen MR) is 93.1 cm³/mol. The van der Waals surface area contributed by atoms with E-state index in [4.69, 9.17) is 4.74 Å². The Bertz CT molecular complexity index is 691. The third-order valence-electron chi connectivity index (χ3n) is 3.74. The average molecular weight is 396 g/mol. The molecule has 2 aromatic heterocycles. The molecule has 1 aliphatic rings. The molecule has 0 atom stereocenters. The molecule has 0 aromatic carbocycles. The highest BCUT2D eigenvalue weighted by molar-refractivity contribution is 9.10. The number of thiophene rings is 1. The number of piperidine rings is 1. The van der Waals surface area contributed by atoms with Gasteiger partial charge in [-0.15, -0.1) is 11.3 Å². The van der Waals surface area contributed by atoms with Crippen LogP contribution < -0.4 is 4.74 Å². The van der Waals surface area contributed by atoms with Crippen molar-refractivity contribution in [2.45, 2.75) is 32.8 Å². The first-order valence-corrected chi connectivity index (χ1v) is 9.21. The molecular weight excluding hydrogens is 378 g/mol. The maximum Gasteiger partial charge on any atom is 0.263 e. The number of aryl methyl sites for hydroxylation is 2. The minimum absolute atomic E-state index is 0.0998. The SMILES string of the molecule is Cc1cc(OC2CCN(C(=O)c3cc(Br)cs3)CC2)nc(C)n1. The van der Waals surface area contributed by atoms with Crippen LogP contribution >= 0.6 is 27.3 Å². The van der Waals surface area contributed by atoms with Crippen LogP contribution in [0.3, 0.4) is 0 Å². The van der Waals surface area contributed by atoms with Crippen molar-refractivity contribution in [1.29, 1.82) is 0 Å². The number of hydrogen-bond acceptors (Lipinski definition) is 5. The Morgan fingerprint density at radius 1 is 1.30 bits per heavy atom. The van der Waals surface area contributed by atoms with Gasteiger partial charge in [0.2, 0.25) is 5.88 Å². The van der Waals surface area contributed by atoms with E-state index in [9.17, 15) is 4.79 Å². The molecule has 0 aliphatic carbocycles. The highest BCUT2D eigenvalue weighted by Gasteiger charge is 2.25. The molecule has 1 saturated heterocycles. The van der Waals surface area contributed by atoms with Gasteiger partial charge < -0.3 is 9.64 Å². The van der Waals surface area contributed by atoms with E-state index in [0.29, 0.717) is 19.0 Å². The molecule has 1 aliphatic heterocycles. The lowest BCUT2D eigenvalue weighted by Crippen LogP contribution is -2.41. The van der Waals surface area contributed by atoms with Gasteiger partial charge in [-0.25, -0.2) is 4.98 Å². The molecule has 1 fully saturated rings. The van der Waals surface area contributed by atoms with Crippen LogP contribution in [0.4, 0.5) is 0 Å². The number of amides is 1. The van der Waals surface area contributed by atoms with Gasteiger partial charge >= 0.3 is 0 Å². The van der Waals surface area contributed by atoms with E-state index in [1.54, 1.807) is 0 Å². The molecule has 3 heterocycles. The standard InChI is InChI=1S/C16H18BrN3O2S/c1-10-7-15(19-11(2)18-10)22-13-3-5-20(6-4-13)16(21)14-8-12(17)9-23-14/h7-9,13H,3-6H2,1-2H3. The molecule has 5 nitrogen and oxygen atoms in total. The van der Waals surface area contributed by atoms with E-state index in [1.807, 2.05) is 36.3 Å². The molecule has 3 rings (SSSR count). The van der Waals surface area contributed by atoms with E-state index < -0.39 is 0 Å². The number of halogens is 1. The second-order valence-electron chi connectivity index (χ2n) is 5.63. The van der Waals surface area contributed by atoms with Crippen molar-refractivity contribution in [2.24, 2.45) is 0 Å². The summed E-state index contributed by atoms with van der Waals surface area (Å²) in [4.78, 5) is 23.7. The second kappa shape index (κ2) is 6.97. The van der Waals surface area contributed by atoms with E-state index in [1.165, 1.54) is 11.3 Å². The van der Waals surface area contributed by atoms with Crippen molar-refractivity contribution >= 4 is 33.2 Å². The van der Waals surface area contributed by atoms with Gasteiger partial charge in [-0.1, -0.05) is 0 Å². The van der Waals surface area contributed by atoms with Gasteiger partial charge in [0.25, 0.3) is 5.91 Å². The van der Waals surface area contributed by atoms with Crippen LogP contribution in [0.2, 0.25) is 0 Å². The topological polar surface area (TPSA) is 55.3 Å². The Morgan fingerprint density at radius 3 is 2.65 bits per heavy atom. The zero-order valence-corrected chi connectivity index (χ0v) is 15.5. The number of nitrogens with zero attached hydrogens (tertiary/aromatic N) is 3. The van der Waals surface area contributed by atoms with Crippen LogP contribution in [0.5, 0.6) is 5.88 Å². The summed E-state index contributed by atoms with van der Waals surface area (Å²) in [5.41, 5.74) is 0.906. The van der Waals surface area contributed by atoms with Gasteiger partial charge in [0.15, 0.2) is 0 Å². The van der Waals surface area contributed by atoms with Crippen LogP contribution in [-0.2, 0) is 0 Å². The highest BCUT2D eigenvalue weighted by Crippen LogP contribution is 2.24. The molecule has 0 saturated carbocycles. The summed E-state index contributed by atoms with van der Waals surface area (Å²) in [7, 11) is 0. The van der Waals surface area contributed by atoms with Gasteiger partial charge in [0, 0.05) is 47.5 Å². The molecule has 7 heteroatoms. The van der Waals surface area contributed by atoms with Crippen LogP contribution in [0, 0.1) is 13.8 Å². The fraction of sp³-hybridized carbons (Fsp3) is 0.438. The van der Waals surface area contributed by atoms with E-state index in [-0.39, 0.29) is 12.0 Å². The number of likely N-dealkylation sites (tertiary alicyclic amines) is 1. The third-order valence-corrected chi connectivity index (χ3v) is 5.42. The largest absolute Gasteiger partial charge is 0.474 e. The third kappa shape index (κ3) is 4.09. The van der Waals surface area contributed by atoms with Crippen LogP contribution in [-0.4, -0.2) is 40.0 Å². The van der Waals surface area contributed by atoms with Gasteiger partial charge in [-0.2, -0.15) is 4.98 Å². The number of carbonyl (C=O) groups is 1. The Balaban J connectivity index is 1.57. The zero-order chi connectivity index (χ0) is 16.4. The Kier molecular flexibility index (Phi) is 4.96. The molecule has 122 valence electrons. The molecule has 0 N–H and O–H groups in total. The van der Waals surface area contributed by atoms with Crippen molar-refractivity contribution in [2.75, 3.05) is 13.1 Å². The summed E-state index contributed by atoms with van der Waals surface area (Å²) < 4.78 is 6.92. The van der Waals surface area contributed by atoms with Gasteiger partial charge in [0.05, 0.1) is 4.88 Å². The molecule has 23 heavy (non-hydrogen) atoms. The van der Waals surface area contributed by atoms with Gasteiger partial charge in [-0.05, 0) is 35.8 Å². The van der Waals surface area contributed by atoms with Crippen LogP contribution in [0.1, 0.15) is 34.0 Å². The molecule has 1 amide bonds. The normalized spacial score (nSPS) is 15.7. The van der Waals surface area contributed by atoms with Crippen molar-refractivity contribution in [3.8, 4) is 5.88 Å². The minimum Gasteiger partial charge on any atom is -0.474 e. The van der Waals surface area contributed by atoms with Crippen molar-refractivity contribution in [3.05, 3.63) is 38.4 Å². The maximum atomic E-state index is 12.4. The lowest BCUT2D eigenvalue weighted by atomic mass is 10.1. The van der Waals surface area contributed by atoms with E-state index in [2.05, 4.69) is 25.9 Å². The summed E-state index contributed by atoms with van der Waals surface area (Å²) in [5.74, 6) is 1.45. The number of hydrogen-bond donors (Lipinski definition) is 0. The molecule has 0 unspecified atom stereocenters. The van der Waals surface area contributed by atoms with Crippen molar-refractivity contribution in [3.63, 3.8) is 0 Å². The van der Waals surface area contributed by atoms with Crippen molar-refractivity contribution in [1.82, 2.24) is 14.9 Å². The molecule has 0 radical (unpaired) electrons. The van der Waals surface area contributed by atoms with E-state index >= 15 is 0 Å². The first-order chi connectivity index (χ1) is 11.0. The zero-order valence-electron chi connectivity index (χ0n) is 13.1. The van der Waals surface area contributed by atoms with Crippen LogP contribution in [0.15, 0.2) is 22.0 Å². The molecule has 0 bridgehead atoms. The fourth-order valence-corrected chi connectivity index (χ4v) is 4.07. The summed E-state index contributed by atoms with van der Waals surface area (Å²) in [6.07, 6.45) is 1.74. The second-order valence-corrected chi connectivity index (χ2v) is 7.46. The van der Waals surface area contributed by atoms with Gasteiger partial charge in [0.1, 0.15) is 11.9 Å². The van der Waals surface area contributed by atoms with Gasteiger partial charge in [-0.3, -0.25) is 4.79 Å². The summed E-state index contributed by atoms with van der Waals surface area (Å²) in [6.45, 7) is 5.21. The maximum absolute atomic E-state index is 12.4. The Morgan fingerprint density at radius 2 is 2.04 bits per heavy atom. The first kappa shape index (κ1) is 16.4. The molecule has 2 aromatic rings. The van der Waals surface area contributed by atoms with Crippen LogP contribution in [0.25, 0.3) is 0 Å². The average Bonchev–Trinajstić information content (AvgIpc) is 2.93. The minimum atomic E-state index is 0.0998. The number of rotatable bonds is 3. The Hall–Kier alpha value is -1.47. The fourth-order valence-electron chi connectivity index (χ4n) is 2.67. The number of ether oxygens (including phenoxy) is 1. The van der Waals surface area contributed by atoms with E-state index in [0.717, 1.165) is 33.7 Å². The lowest BCUT2D eigenvalue weighted by Gasteiger charge is -2.31. The molecular formula is C16H18BrN3O2S. The number of carbonyl (C=O) groups excluding carboxylic acids is 1. The quantitative estimate of drug-likeness (QED) is 0.796. The summed E-state index contributed by atoms with van der Waals surface area (Å²) in [6, 6.07) is 3.73. The predicted octanol–water partition coefficient (Wildman–Crippen LogP) is 3.60. The molecule has 0 spiro atoms. The first-order valence-electron chi connectivity index (χ1n) is 7.53. The summed E-state index contributed by atoms with van der Waals surface area (Å²) >= 11 is 4.86. The highest BCUT2D eigenvalue weighted by atomic mass is 79.9. The smallest absolute Gasteiger partial charge is 0.263 e.